The van der Waals surface area contributed by atoms with Gasteiger partial charge in [-0.25, -0.2) is 4.98 Å². The molecule has 0 amide bonds. The van der Waals surface area contributed by atoms with Crippen LogP contribution in [0.15, 0.2) is 29.6 Å². The molecule has 2 aromatic rings. The maximum atomic E-state index is 5.63. The first-order valence-electron chi connectivity index (χ1n) is 8.51. The van der Waals surface area contributed by atoms with Crippen LogP contribution < -0.4 is 5.32 Å². The maximum absolute atomic E-state index is 5.63. The summed E-state index contributed by atoms with van der Waals surface area (Å²) < 4.78 is 5.63. The second kappa shape index (κ2) is 7.12. The third-order valence-electron chi connectivity index (χ3n) is 4.73. The molecule has 0 fully saturated rings. The van der Waals surface area contributed by atoms with Crippen LogP contribution in [-0.2, 0) is 23.2 Å². The quantitative estimate of drug-likeness (QED) is 0.841. The summed E-state index contributed by atoms with van der Waals surface area (Å²) in [7, 11) is 0. The number of fused-ring (bicyclic) bond motifs is 1. The van der Waals surface area contributed by atoms with Crippen LogP contribution in [0.25, 0.3) is 0 Å². The molecule has 0 saturated heterocycles. The minimum absolute atomic E-state index is 0.0458. The van der Waals surface area contributed by atoms with Gasteiger partial charge in [0.1, 0.15) is 11.1 Å². The number of rotatable bonds is 6. The van der Waals surface area contributed by atoms with Gasteiger partial charge < -0.3 is 10.1 Å². The summed E-state index contributed by atoms with van der Waals surface area (Å²) in [6.07, 6.45) is 3.70. The second-order valence-corrected chi connectivity index (χ2v) is 7.36. The van der Waals surface area contributed by atoms with Gasteiger partial charge in [0.25, 0.3) is 0 Å². The summed E-state index contributed by atoms with van der Waals surface area (Å²) in [5.74, 6) is 0. The molecule has 0 saturated carbocycles. The Bertz CT molecular complexity index is 654. The van der Waals surface area contributed by atoms with Crippen molar-refractivity contribution in [2.75, 3.05) is 6.61 Å². The molecule has 0 unspecified atom stereocenters. The largest absolute Gasteiger partial charge is 0.372 e. The number of ether oxygens (including phenoxy) is 1. The number of hydrogen-bond donors (Lipinski definition) is 1. The Morgan fingerprint density at radius 2 is 2.22 bits per heavy atom. The smallest absolute Gasteiger partial charge is 0.122 e. The topological polar surface area (TPSA) is 34.1 Å². The summed E-state index contributed by atoms with van der Waals surface area (Å²) in [4.78, 5) is 4.73. The van der Waals surface area contributed by atoms with Crippen molar-refractivity contribution >= 4 is 11.3 Å². The van der Waals surface area contributed by atoms with E-state index >= 15 is 0 Å². The molecule has 1 heterocycles. The molecule has 1 aromatic carbocycles. The number of aromatic nitrogens is 1. The summed E-state index contributed by atoms with van der Waals surface area (Å²) in [6.45, 7) is 7.94. The van der Waals surface area contributed by atoms with Crippen LogP contribution in [0.5, 0.6) is 0 Å². The van der Waals surface area contributed by atoms with Gasteiger partial charge in [-0.2, -0.15) is 0 Å². The number of hydrogen-bond acceptors (Lipinski definition) is 4. The molecule has 3 nitrogen and oxygen atoms in total. The van der Waals surface area contributed by atoms with E-state index < -0.39 is 0 Å². The van der Waals surface area contributed by atoms with Crippen molar-refractivity contribution in [3.63, 3.8) is 0 Å². The monoisotopic (exact) mass is 330 g/mol. The first-order valence-corrected chi connectivity index (χ1v) is 9.39. The molecule has 2 atom stereocenters. The molecule has 1 N–H and O–H groups in total. The average molecular weight is 330 g/mol. The van der Waals surface area contributed by atoms with Gasteiger partial charge in [-0.05, 0) is 51.2 Å². The summed E-state index contributed by atoms with van der Waals surface area (Å²) >= 11 is 1.69. The zero-order valence-electron chi connectivity index (χ0n) is 14.3. The first kappa shape index (κ1) is 16.6. The zero-order valence-corrected chi connectivity index (χ0v) is 15.1. The Hall–Kier alpha value is -1.23. The second-order valence-electron chi connectivity index (χ2n) is 6.47. The lowest BCUT2D eigenvalue weighted by Crippen LogP contribution is -2.41. The maximum Gasteiger partial charge on any atom is 0.122 e. The summed E-state index contributed by atoms with van der Waals surface area (Å²) in [5, 5.41) is 6.97. The van der Waals surface area contributed by atoms with E-state index in [1.807, 2.05) is 6.92 Å². The Kier molecular flexibility index (Phi) is 5.14. The summed E-state index contributed by atoms with van der Waals surface area (Å²) in [6, 6.07) is 8.82. The molecule has 1 aliphatic carbocycles. The Labute approximate surface area is 143 Å². The van der Waals surface area contributed by atoms with E-state index in [2.05, 4.69) is 48.8 Å². The number of thiazole rings is 1. The Morgan fingerprint density at radius 3 is 3.04 bits per heavy atom. The molecular formula is C19H26N2OS. The van der Waals surface area contributed by atoms with Gasteiger partial charge in [0.05, 0.1) is 5.69 Å². The van der Waals surface area contributed by atoms with Crippen LogP contribution in [0, 0.1) is 0 Å². The average Bonchev–Trinajstić information content (AvgIpc) is 3.03. The van der Waals surface area contributed by atoms with Gasteiger partial charge in [0, 0.05) is 24.1 Å². The highest BCUT2D eigenvalue weighted by atomic mass is 32.1. The molecule has 0 spiro atoms. The van der Waals surface area contributed by atoms with Crippen LogP contribution in [0.3, 0.4) is 0 Å². The Balaban J connectivity index is 1.69. The molecule has 0 aliphatic heterocycles. The summed E-state index contributed by atoms with van der Waals surface area (Å²) in [5.41, 5.74) is 4.09. The molecule has 124 valence electrons. The van der Waals surface area contributed by atoms with Crippen molar-refractivity contribution in [1.29, 1.82) is 0 Å². The van der Waals surface area contributed by atoms with Gasteiger partial charge >= 0.3 is 0 Å². The first-order chi connectivity index (χ1) is 11.1. The zero-order chi connectivity index (χ0) is 16.3. The van der Waals surface area contributed by atoms with E-state index in [0.29, 0.717) is 0 Å². The van der Waals surface area contributed by atoms with Crippen LogP contribution in [-0.4, -0.2) is 11.6 Å². The predicted molar refractivity (Wildman–Crippen MR) is 95.7 cm³/mol. The van der Waals surface area contributed by atoms with Gasteiger partial charge in [-0.15, -0.1) is 11.3 Å². The van der Waals surface area contributed by atoms with Crippen molar-refractivity contribution in [1.82, 2.24) is 10.3 Å². The SMILES string of the molecule is CCO[C@@H](C)c1nc(CN[C@]2(C)CCCc3ccccc32)cs1. The van der Waals surface area contributed by atoms with Crippen molar-refractivity contribution < 1.29 is 4.74 Å². The van der Waals surface area contributed by atoms with Gasteiger partial charge in [0.2, 0.25) is 0 Å². The fourth-order valence-electron chi connectivity index (χ4n) is 3.42. The molecule has 0 bridgehead atoms. The molecule has 1 aliphatic rings. The predicted octanol–water partition coefficient (Wildman–Crippen LogP) is 4.58. The van der Waals surface area contributed by atoms with Crippen molar-refractivity contribution in [3.8, 4) is 0 Å². The fourth-order valence-corrected chi connectivity index (χ4v) is 4.25. The van der Waals surface area contributed by atoms with E-state index in [1.165, 1.54) is 30.4 Å². The Morgan fingerprint density at radius 1 is 1.39 bits per heavy atom. The number of nitrogens with zero attached hydrogens (tertiary/aromatic N) is 1. The third kappa shape index (κ3) is 3.65. The molecule has 3 rings (SSSR count). The van der Waals surface area contributed by atoms with E-state index in [9.17, 15) is 0 Å². The van der Waals surface area contributed by atoms with Gasteiger partial charge in [-0.1, -0.05) is 24.3 Å². The molecule has 1 aromatic heterocycles. The minimum Gasteiger partial charge on any atom is -0.372 e. The molecular weight excluding hydrogens is 304 g/mol. The number of nitrogens with one attached hydrogen (secondary N) is 1. The molecule has 0 radical (unpaired) electrons. The van der Waals surface area contributed by atoms with Crippen LogP contribution in [0.1, 0.15) is 61.5 Å². The number of benzene rings is 1. The van der Waals surface area contributed by atoms with Crippen molar-refractivity contribution in [2.45, 2.75) is 58.2 Å². The van der Waals surface area contributed by atoms with Gasteiger partial charge in [-0.3, -0.25) is 0 Å². The minimum atomic E-state index is 0.0458. The highest BCUT2D eigenvalue weighted by Gasteiger charge is 2.31. The molecule has 4 heteroatoms. The van der Waals surface area contributed by atoms with E-state index in [-0.39, 0.29) is 11.6 Å². The molecule has 23 heavy (non-hydrogen) atoms. The highest BCUT2D eigenvalue weighted by molar-refractivity contribution is 7.09. The normalized spacial score (nSPS) is 21.9. The standard InChI is InChI=1S/C19H26N2OS/c1-4-22-14(2)18-21-16(13-23-18)12-20-19(3)11-7-9-15-8-5-6-10-17(15)19/h5-6,8,10,13-14,20H,4,7,9,11-12H2,1-3H3/t14-,19+/m0/s1. The van der Waals surface area contributed by atoms with E-state index in [4.69, 9.17) is 9.72 Å². The van der Waals surface area contributed by atoms with E-state index in [0.717, 1.165) is 23.9 Å². The van der Waals surface area contributed by atoms with Crippen molar-refractivity contribution in [2.24, 2.45) is 0 Å². The van der Waals surface area contributed by atoms with Crippen LogP contribution >= 0.6 is 11.3 Å². The number of aryl methyl sites for hydroxylation is 1. The van der Waals surface area contributed by atoms with Crippen LogP contribution in [0.2, 0.25) is 0 Å². The lowest BCUT2D eigenvalue weighted by Gasteiger charge is -2.37. The highest BCUT2D eigenvalue weighted by Crippen LogP contribution is 2.35. The van der Waals surface area contributed by atoms with Crippen molar-refractivity contribution in [3.05, 3.63) is 51.5 Å². The lowest BCUT2D eigenvalue weighted by atomic mass is 9.78. The third-order valence-corrected chi connectivity index (χ3v) is 5.78. The van der Waals surface area contributed by atoms with Crippen LogP contribution in [0.4, 0.5) is 0 Å². The lowest BCUT2D eigenvalue weighted by molar-refractivity contribution is 0.0761. The fraction of sp³-hybridized carbons (Fsp3) is 0.526. The van der Waals surface area contributed by atoms with E-state index in [1.54, 1.807) is 11.3 Å². The van der Waals surface area contributed by atoms with Gasteiger partial charge in [0.15, 0.2) is 0 Å².